The summed E-state index contributed by atoms with van der Waals surface area (Å²) < 4.78 is 16.0. The Morgan fingerprint density at radius 2 is 1.52 bits per heavy atom. The lowest BCUT2D eigenvalue weighted by Gasteiger charge is -2.02. The van der Waals surface area contributed by atoms with Gasteiger partial charge in [0.25, 0.3) is 5.01 Å². The maximum atomic E-state index is 6.35. The van der Waals surface area contributed by atoms with Gasteiger partial charge in [0.2, 0.25) is 0 Å². The van der Waals surface area contributed by atoms with E-state index in [0.29, 0.717) is 0 Å². The minimum Gasteiger partial charge on any atom is -0.455 e. The summed E-state index contributed by atoms with van der Waals surface area (Å²) >= 11 is 1.77. The van der Waals surface area contributed by atoms with Gasteiger partial charge in [-0.25, -0.2) is 0 Å². The van der Waals surface area contributed by atoms with Crippen LogP contribution in [0.2, 0.25) is 0 Å². The molecule has 0 spiro atoms. The zero-order chi connectivity index (χ0) is 20.7. The average Bonchev–Trinajstić information content (AvgIpc) is 3.43. The van der Waals surface area contributed by atoms with Gasteiger partial charge in [-0.1, -0.05) is 65.9 Å². The third-order valence-electron chi connectivity index (χ3n) is 6.27. The molecule has 0 aliphatic rings. The second-order valence-electron chi connectivity index (χ2n) is 8.13. The number of benzene rings is 4. The van der Waals surface area contributed by atoms with Crippen molar-refractivity contribution in [2.24, 2.45) is 7.05 Å². The predicted molar refractivity (Wildman–Crippen MR) is 128 cm³/mol. The smallest absolute Gasteiger partial charge is 0.393 e. The molecule has 0 radical (unpaired) electrons. The maximum absolute atomic E-state index is 6.35. The number of rotatable bonds is 1. The number of hydrogen-bond acceptors (Lipinski definition) is 3. The Bertz CT molecular complexity index is 1820. The molecule has 4 aromatic carbocycles. The van der Waals surface area contributed by atoms with E-state index in [4.69, 9.17) is 8.83 Å². The van der Waals surface area contributed by atoms with Crippen LogP contribution >= 0.6 is 11.3 Å². The van der Waals surface area contributed by atoms with E-state index in [9.17, 15) is 0 Å². The Balaban J connectivity index is 1.57. The number of thiazole rings is 1. The lowest BCUT2D eigenvalue weighted by atomic mass is 10.0. The highest BCUT2D eigenvalue weighted by Crippen LogP contribution is 2.42. The van der Waals surface area contributed by atoms with Crippen LogP contribution in [0.3, 0.4) is 0 Å². The van der Waals surface area contributed by atoms with Gasteiger partial charge in [-0.15, -0.1) is 0 Å². The number of para-hydroxylation sites is 1. The van der Waals surface area contributed by atoms with Gasteiger partial charge in [0, 0.05) is 16.2 Å². The summed E-state index contributed by atoms with van der Waals surface area (Å²) in [4.78, 5) is 0. The van der Waals surface area contributed by atoms with Crippen LogP contribution in [0.5, 0.6) is 0 Å². The Morgan fingerprint density at radius 3 is 2.39 bits per heavy atom. The Kier molecular flexibility index (Phi) is 3.29. The normalized spacial score (nSPS) is 12.2. The monoisotopic (exact) mass is 420 g/mol. The molecule has 4 heteroatoms. The van der Waals surface area contributed by atoms with Gasteiger partial charge in [-0.3, -0.25) is 0 Å². The van der Waals surface area contributed by atoms with Crippen molar-refractivity contribution in [3.05, 3.63) is 78.4 Å². The van der Waals surface area contributed by atoms with Gasteiger partial charge in [0.1, 0.15) is 23.8 Å². The molecule has 0 atom stereocenters. The Hall–Kier alpha value is -3.63. The van der Waals surface area contributed by atoms with Gasteiger partial charge in [-0.2, -0.15) is 4.57 Å². The molecule has 0 saturated carbocycles. The maximum Gasteiger partial charge on any atom is 0.393 e. The summed E-state index contributed by atoms with van der Waals surface area (Å²) in [7, 11) is 2.08. The van der Waals surface area contributed by atoms with Crippen LogP contribution in [0.25, 0.3) is 64.7 Å². The molecule has 3 nitrogen and oxygen atoms in total. The van der Waals surface area contributed by atoms with E-state index in [1.54, 1.807) is 11.3 Å². The molecule has 0 unspecified atom stereocenters. The fraction of sp³-hybridized carbons (Fsp3) is 0.0741. The van der Waals surface area contributed by atoms with Crippen LogP contribution in [-0.4, -0.2) is 0 Å². The quantitative estimate of drug-likeness (QED) is 0.257. The predicted octanol–water partition coefficient (Wildman–Crippen LogP) is 7.50. The van der Waals surface area contributed by atoms with Gasteiger partial charge in [0.05, 0.1) is 0 Å². The van der Waals surface area contributed by atoms with Crippen molar-refractivity contribution >= 4 is 65.4 Å². The first kappa shape index (κ1) is 17.1. The van der Waals surface area contributed by atoms with Crippen molar-refractivity contribution < 1.29 is 13.4 Å². The first-order chi connectivity index (χ1) is 15.2. The molecule has 148 valence electrons. The highest BCUT2D eigenvalue weighted by molar-refractivity contribution is 7.22. The standard InChI is InChI=1S/C27H18NO2S/c1-15-11-12-19-18-9-5-6-10-21(18)29-24(19)23(15)27-28(2)26-25(31-27)20-13-16-7-3-4-8-17(16)14-22(20)30-26/h3-14H,1-2H3/q+1. The molecular weight excluding hydrogens is 402 g/mol. The summed E-state index contributed by atoms with van der Waals surface area (Å²) in [5.74, 6) is 0. The van der Waals surface area contributed by atoms with E-state index in [-0.39, 0.29) is 0 Å². The van der Waals surface area contributed by atoms with E-state index in [0.717, 1.165) is 49.2 Å². The van der Waals surface area contributed by atoms with Crippen molar-refractivity contribution in [2.75, 3.05) is 0 Å². The fourth-order valence-corrected chi connectivity index (χ4v) is 6.00. The Labute approximate surface area is 181 Å². The van der Waals surface area contributed by atoms with Crippen LogP contribution in [0, 0.1) is 6.92 Å². The fourth-order valence-electron chi connectivity index (χ4n) is 4.70. The molecule has 7 rings (SSSR count). The summed E-state index contributed by atoms with van der Waals surface area (Å²) in [6.45, 7) is 2.15. The van der Waals surface area contributed by atoms with E-state index in [2.05, 4.69) is 79.2 Å². The largest absolute Gasteiger partial charge is 0.455 e. The first-order valence-corrected chi connectivity index (χ1v) is 11.2. The number of aryl methyl sites for hydroxylation is 2. The minimum atomic E-state index is 0.901. The summed E-state index contributed by atoms with van der Waals surface area (Å²) in [6.07, 6.45) is 0. The van der Waals surface area contributed by atoms with Crippen molar-refractivity contribution in [1.82, 2.24) is 0 Å². The molecule has 31 heavy (non-hydrogen) atoms. The molecule has 0 saturated heterocycles. The molecule has 0 bridgehead atoms. The third kappa shape index (κ3) is 2.25. The van der Waals surface area contributed by atoms with Crippen molar-refractivity contribution in [1.29, 1.82) is 0 Å². The molecule has 3 heterocycles. The number of aromatic nitrogens is 1. The van der Waals surface area contributed by atoms with Crippen LogP contribution < -0.4 is 4.57 Å². The van der Waals surface area contributed by atoms with Crippen molar-refractivity contribution in [2.45, 2.75) is 6.92 Å². The molecular formula is C27H18NO2S+. The lowest BCUT2D eigenvalue weighted by Crippen LogP contribution is -2.28. The second kappa shape index (κ2) is 5.96. The van der Waals surface area contributed by atoms with E-state index >= 15 is 0 Å². The topological polar surface area (TPSA) is 30.2 Å². The average molecular weight is 421 g/mol. The number of nitrogens with zero attached hydrogens (tertiary/aromatic N) is 1. The molecule has 0 amide bonds. The van der Waals surface area contributed by atoms with Gasteiger partial charge in [-0.05, 0) is 41.5 Å². The molecule has 0 aliphatic carbocycles. The number of hydrogen-bond donors (Lipinski definition) is 0. The Morgan fingerprint density at radius 1 is 0.742 bits per heavy atom. The number of fused-ring (bicyclic) bond motifs is 7. The summed E-state index contributed by atoms with van der Waals surface area (Å²) in [5, 5.41) is 7.03. The zero-order valence-corrected chi connectivity index (χ0v) is 17.9. The molecule has 7 aromatic rings. The van der Waals surface area contributed by atoms with Gasteiger partial charge < -0.3 is 8.83 Å². The van der Waals surface area contributed by atoms with Gasteiger partial charge >= 0.3 is 5.71 Å². The first-order valence-electron chi connectivity index (χ1n) is 10.3. The summed E-state index contributed by atoms with van der Waals surface area (Å²) in [5.41, 5.74) is 6.03. The van der Waals surface area contributed by atoms with Crippen LogP contribution in [0.15, 0.2) is 81.6 Å². The zero-order valence-electron chi connectivity index (χ0n) is 17.1. The van der Waals surface area contributed by atoms with E-state index in [1.807, 2.05) is 12.1 Å². The highest BCUT2D eigenvalue weighted by atomic mass is 32.1. The van der Waals surface area contributed by atoms with Crippen LogP contribution in [0.1, 0.15) is 5.56 Å². The molecule has 0 aliphatic heterocycles. The minimum absolute atomic E-state index is 0.901. The van der Waals surface area contributed by atoms with Crippen LogP contribution in [0.4, 0.5) is 0 Å². The third-order valence-corrected chi connectivity index (χ3v) is 7.54. The number of furan rings is 2. The highest BCUT2D eigenvalue weighted by Gasteiger charge is 2.29. The SMILES string of the molecule is Cc1ccc2c(oc3ccccc32)c1-c1sc2c3cc4ccccc4cc3oc2[n+]1C. The second-order valence-corrected chi connectivity index (χ2v) is 9.13. The van der Waals surface area contributed by atoms with Crippen LogP contribution in [-0.2, 0) is 7.05 Å². The summed E-state index contributed by atoms with van der Waals surface area (Å²) in [6, 6.07) is 25.4. The van der Waals surface area contributed by atoms with E-state index < -0.39 is 0 Å². The molecule has 0 N–H and O–H groups in total. The molecule has 0 fully saturated rings. The van der Waals surface area contributed by atoms with Crippen molar-refractivity contribution in [3.8, 4) is 10.6 Å². The van der Waals surface area contributed by atoms with Crippen molar-refractivity contribution in [3.63, 3.8) is 0 Å². The van der Waals surface area contributed by atoms with E-state index in [1.165, 1.54) is 21.0 Å². The van der Waals surface area contributed by atoms with Gasteiger partial charge in [0.15, 0.2) is 10.3 Å². The lowest BCUT2D eigenvalue weighted by molar-refractivity contribution is -0.636. The molecule has 3 aromatic heterocycles.